The van der Waals surface area contributed by atoms with Gasteiger partial charge in [0.25, 0.3) is 0 Å². The van der Waals surface area contributed by atoms with Crippen LogP contribution in [0.25, 0.3) is 0 Å². The van der Waals surface area contributed by atoms with Crippen LogP contribution in [0.1, 0.15) is 32.4 Å². The Balaban J connectivity index is 1.71. The monoisotopic (exact) mass is 419 g/mol. The van der Waals surface area contributed by atoms with Crippen molar-refractivity contribution in [3.63, 3.8) is 0 Å². The quantitative estimate of drug-likeness (QED) is 0.465. The van der Waals surface area contributed by atoms with Crippen molar-refractivity contribution < 1.29 is 23.8 Å². The predicted octanol–water partition coefficient (Wildman–Crippen LogP) is 4.98. The summed E-state index contributed by atoms with van der Waals surface area (Å²) in [4.78, 5) is 24.5. The Hall–Kier alpha value is -3.59. The van der Waals surface area contributed by atoms with Gasteiger partial charge in [-0.3, -0.25) is 4.79 Å². The number of hydrogen-bond donors (Lipinski definition) is 0. The molecule has 0 aromatic heterocycles. The molecule has 2 aromatic carbocycles. The molecule has 0 bridgehead atoms. The molecule has 31 heavy (non-hydrogen) atoms. The van der Waals surface area contributed by atoms with Gasteiger partial charge in [-0.2, -0.15) is 5.26 Å². The lowest BCUT2D eigenvalue weighted by atomic mass is 10.1. The average molecular weight is 419 g/mol. The summed E-state index contributed by atoms with van der Waals surface area (Å²) in [5.74, 6) is -0.288. The minimum Gasteiger partial charge on any atom is -0.466 e. The van der Waals surface area contributed by atoms with E-state index >= 15 is 0 Å². The molecule has 1 aliphatic carbocycles. The first-order chi connectivity index (χ1) is 14.8. The summed E-state index contributed by atoms with van der Waals surface area (Å²) in [6.07, 6.45) is 0.683. The SMILES string of the molecule is COC(=O)/C(C)=C/C1C(C(=O)OC(C#N)c2cccc(Oc3ccccc3)c2)C1(C)C. The molecular formula is C25H25NO5. The van der Waals surface area contributed by atoms with Gasteiger partial charge in [0.15, 0.2) is 0 Å². The van der Waals surface area contributed by atoms with Gasteiger partial charge in [-0.15, -0.1) is 0 Å². The highest BCUT2D eigenvalue weighted by Crippen LogP contribution is 2.60. The van der Waals surface area contributed by atoms with E-state index in [-0.39, 0.29) is 11.3 Å². The Morgan fingerprint density at radius 3 is 2.42 bits per heavy atom. The normalized spacial score (nSPS) is 20.2. The zero-order chi connectivity index (χ0) is 22.6. The Bertz CT molecular complexity index is 1040. The van der Waals surface area contributed by atoms with E-state index in [1.807, 2.05) is 50.2 Å². The maximum Gasteiger partial charge on any atom is 0.333 e. The minimum atomic E-state index is -1.06. The van der Waals surface area contributed by atoms with Crippen molar-refractivity contribution in [3.8, 4) is 17.6 Å². The largest absolute Gasteiger partial charge is 0.466 e. The summed E-state index contributed by atoms with van der Waals surface area (Å²) >= 11 is 0. The van der Waals surface area contributed by atoms with Gasteiger partial charge in [0.05, 0.1) is 13.0 Å². The highest BCUT2D eigenvalue weighted by molar-refractivity contribution is 5.88. The van der Waals surface area contributed by atoms with Crippen molar-refractivity contribution in [2.24, 2.45) is 17.3 Å². The molecule has 6 heteroatoms. The number of esters is 2. The third-order valence-corrected chi connectivity index (χ3v) is 5.59. The molecule has 1 fully saturated rings. The first-order valence-electron chi connectivity index (χ1n) is 9.97. The topological polar surface area (TPSA) is 85.6 Å². The Labute approximate surface area is 182 Å². The average Bonchev–Trinajstić information content (AvgIpc) is 3.31. The second kappa shape index (κ2) is 9.05. The second-order valence-electron chi connectivity index (χ2n) is 8.10. The van der Waals surface area contributed by atoms with E-state index in [0.717, 1.165) is 0 Å². The molecule has 0 amide bonds. The molecule has 0 saturated heterocycles. The zero-order valence-corrected chi connectivity index (χ0v) is 18.0. The number of ether oxygens (including phenoxy) is 3. The Morgan fingerprint density at radius 2 is 1.77 bits per heavy atom. The highest BCUT2D eigenvalue weighted by Gasteiger charge is 2.62. The number of carbonyl (C=O) groups excluding carboxylic acids is 2. The van der Waals surface area contributed by atoms with Crippen molar-refractivity contribution in [2.45, 2.75) is 26.9 Å². The van der Waals surface area contributed by atoms with Crippen molar-refractivity contribution in [1.82, 2.24) is 0 Å². The number of nitrogens with zero attached hydrogens (tertiary/aromatic N) is 1. The number of hydrogen-bond acceptors (Lipinski definition) is 6. The molecule has 1 aliphatic rings. The molecule has 0 heterocycles. The van der Waals surface area contributed by atoms with Crippen LogP contribution in [0.3, 0.4) is 0 Å². The van der Waals surface area contributed by atoms with E-state index in [2.05, 4.69) is 0 Å². The van der Waals surface area contributed by atoms with Gasteiger partial charge >= 0.3 is 11.9 Å². The third-order valence-electron chi connectivity index (χ3n) is 5.59. The van der Waals surface area contributed by atoms with Crippen LogP contribution in [0.4, 0.5) is 0 Å². The Kier molecular flexibility index (Phi) is 6.45. The number of para-hydroxylation sites is 1. The first kappa shape index (κ1) is 22.1. The second-order valence-corrected chi connectivity index (χ2v) is 8.10. The number of rotatable bonds is 7. The van der Waals surface area contributed by atoms with Gasteiger partial charge in [0.2, 0.25) is 6.10 Å². The summed E-state index contributed by atoms with van der Waals surface area (Å²) in [5, 5.41) is 9.62. The third kappa shape index (κ3) is 4.95. The van der Waals surface area contributed by atoms with Crippen LogP contribution < -0.4 is 4.74 Å². The van der Waals surface area contributed by atoms with E-state index in [1.165, 1.54) is 7.11 Å². The van der Waals surface area contributed by atoms with E-state index in [1.54, 1.807) is 37.3 Å². The van der Waals surface area contributed by atoms with Gasteiger partial charge < -0.3 is 14.2 Å². The standard InChI is InChI=1S/C25H25NO5/c1-16(23(27)29-4)13-20-22(25(20,2)3)24(28)31-21(15-26)17-9-8-12-19(14-17)30-18-10-6-5-7-11-18/h5-14,20-22H,1-4H3/b16-13+. The molecule has 2 aromatic rings. The molecule has 3 rings (SSSR count). The summed E-state index contributed by atoms with van der Waals surface area (Å²) in [6.45, 7) is 5.51. The summed E-state index contributed by atoms with van der Waals surface area (Å²) < 4.78 is 16.1. The lowest BCUT2D eigenvalue weighted by Gasteiger charge is -2.13. The number of methoxy groups -OCH3 is 1. The molecular weight excluding hydrogens is 394 g/mol. The lowest BCUT2D eigenvalue weighted by Crippen LogP contribution is -2.14. The Morgan fingerprint density at radius 1 is 1.10 bits per heavy atom. The molecule has 0 aliphatic heterocycles. The molecule has 1 saturated carbocycles. The van der Waals surface area contributed by atoms with Crippen molar-refractivity contribution in [3.05, 3.63) is 71.8 Å². The summed E-state index contributed by atoms with van der Waals surface area (Å²) in [5.41, 5.74) is 0.601. The molecule has 0 radical (unpaired) electrons. The summed E-state index contributed by atoms with van der Waals surface area (Å²) in [7, 11) is 1.32. The fourth-order valence-corrected chi connectivity index (χ4v) is 3.66. The smallest absolute Gasteiger partial charge is 0.333 e. The number of benzene rings is 2. The van der Waals surface area contributed by atoms with Gasteiger partial charge in [0, 0.05) is 11.1 Å². The fourth-order valence-electron chi connectivity index (χ4n) is 3.66. The van der Waals surface area contributed by atoms with E-state index in [0.29, 0.717) is 22.6 Å². The van der Waals surface area contributed by atoms with Crippen LogP contribution in [0.15, 0.2) is 66.2 Å². The van der Waals surface area contributed by atoms with Crippen LogP contribution in [0.2, 0.25) is 0 Å². The summed E-state index contributed by atoms with van der Waals surface area (Å²) in [6, 6.07) is 18.2. The van der Waals surface area contributed by atoms with Crippen molar-refractivity contribution in [1.29, 1.82) is 5.26 Å². The van der Waals surface area contributed by atoms with E-state index < -0.39 is 24.0 Å². The molecule has 3 unspecified atom stereocenters. The van der Waals surface area contributed by atoms with Crippen molar-refractivity contribution in [2.75, 3.05) is 7.11 Å². The van der Waals surface area contributed by atoms with Gasteiger partial charge in [-0.1, -0.05) is 50.3 Å². The molecule has 6 nitrogen and oxygen atoms in total. The van der Waals surface area contributed by atoms with Crippen LogP contribution in [0, 0.1) is 28.6 Å². The predicted molar refractivity (Wildman–Crippen MR) is 114 cm³/mol. The number of carbonyl (C=O) groups is 2. The molecule has 160 valence electrons. The maximum absolute atomic E-state index is 12.8. The van der Waals surface area contributed by atoms with Gasteiger partial charge in [-0.05, 0) is 42.5 Å². The highest BCUT2D eigenvalue weighted by atomic mass is 16.5. The van der Waals surface area contributed by atoms with Crippen LogP contribution in [-0.4, -0.2) is 19.0 Å². The van der Waals surface area contributed by atoms with Crippen LogP contribution in [-0.2, 0) is 19.1 Å². The zero-order valence-electron chi connectivity index (χ0n) is 18.0. The number of nitriles is 1. The van der Waals surface area contributed by atoms with Gasteiger partial charge in [0.1, 0.15) is 17.6 Å². The van der Waals surface area contributed by atoms with Crippen LogP contribution in [0.5, 0.6) is 11.5 Å². The minimum absolute atomic E-state index is 0.161. The van der Waals surface area contributed by atoms with Crippen molar-refractivity contribution >= 4 is 11.9 Å². The van der Waals surface area contributed by atoms with Crippen LogP contribution >= 0.6 is 0 Å². The van der Waals surface area contributed by atoms with E-state index in [9.17, 15) is 14.9 Å². The molecule has 0 spiro atoms. The van der Waals surface area contributed by atoms with E-state index in [4.69, 9.17) is 14.2 Å². The molecule has 0 N–H and O–H groups in total. The first-order valence-corrected chi connectivity index (χ1v) is 9.97. The number of allylic oxidation sites excluding steroid dienone is 1. The fraction of sp³-hybridized carbons (Fsp3) is 0.320. The lowest BCUT2D eigenvalue weighted by molar-refractivity contribution is -0.149. The molecule has 3 atom stereocenters. The maximum atomic E-state index is 12.8. The van der Waals surface area contributed by atoms with Gasteiger partial charge in [-0.25, -0.2) is 4.79 Å².